The Bertz CT molecular complexity index is 1170. The number of benzene rings is 2. The molecule has 2 heterocycles. The van der Waals surface area contributed by atoms with Crippen LogP contribution >= 0.6 is 0 Å². The van der Waals surface area contributed by atoms with E-state index < -0.39 is 0 Å². The molecule has 0 atom stereocenters. The maximum Gasteiger partial charge on any atom is 0.258 e. The van der Waals surface area contributed by atoms with Gasteiger partial charge in [0, 0.05) is 12.4 Å². The van der Waals surface area contributed by atoms with Gasteiger partial charge in [-0.3, -0.25) is 19.3 Å². The number of aromatic nitrogens is 3. The van der Waals surface area contributed by atoms with Gasteiger partial charge < -0.3 is 10.6 Å². The molecule has 0 aliphatic carbocycles. The van der Waals surface area contributed by atoms with Gasteiger partial charge in [0.05, 0.1) is 41.8 Å². The second-order valence-electron chi connectivity index (χ2n) is 6.92. The first-order chi connectivity index (χ1) is 15.2. The van der Waals surface area contributed by atoms with Gasteiger partial charge in [-0.1, -0.05) is 48.5 Å². The molecule has 2 N–H and O–H groups in total. The number of para-hydroxylation sites is 1. The lowest BCUT2D eigenvalue weighted by Crippen LogP contribution is -2.25. The summed E-state index contributed by atoms with van der Waals surface area (Å²) in [5.41, 5.74) is 3.07. The summed E-state index contributed by atoms with van der Waals surface area (Å²) in [6, 6.07) is 22.3. The van der Waals surface area contributed by atoms with Crippen LogP contribution in [0.15, 0.2) is 91.4 Å². The highest BCUT2D eigenvalue weighted by molar-refractivity contribution is 6.08. The molecule has 7 nitrogen and oxygen atoms in total. The summed E-state index contributed by atoms with van der Waals surface area (Å²) in [6.07, 6.45) is 4.88. The van der Waals surface area contributed by atoms with E-state index in [1.165, 1.54) is 6.20 Å². The monoisotopic (exact) mass is 411 g/mol. The molecule has 0 aliphatic rings. The Balaban J connectivity index is 1.42. The Morgan fingerprint density at radius 3 is 2.45 bits per heavy atom. The number of hydrogen-bond acceptors (Lipinski definition) is 4. The van der Waals surface area contributed by atoms with Crippen molar-refractivity contribution in [3.63, 3.8) is 0 Å². The highest BCUT2D eigenvalue weighted by Crippen LogP contribution is 2.16. The van der Waals surface area contributed by atoms with Crippen LogP contribution in [0, 0.1) is 0 Å². The van der Waals surface area contributed by atoms with Crippen molar-refractivity contribution in [2.75, 3.05) is 5.32 Å². The van der Waals surface area contributed by atoms with Crippen molar-refractivity contribution in [3.05, 3.63) is 114 Å². The number of rotatable bonds is 7. The van der Waals surface area contributed by atoms with Gasteiger partial charge in [0.1, 0.15) is 0 Å². The van der Waals surface area contributed by atoms with Gasteiger partial charge in [-0.25, -0.2) is 0 Å². The van der Waals surface area contributed by atoms with Crippen LogP contribution in [0.3, 0.4) is 0 Å². The van der Waals surface area contributed by atoms with Crippen molar-refractivity contribution in [2.45, 2.75) is 13.1 Å². The van der Waals surface area contributed by atoms with Gasteiger partial charge >= 0.3 is 0 Å². The molecule has 0 radical (unpaired) electrons. The van der Waals surface area contributed by atoms with Gasteiger partial charge in [-0.2, -0.15) is 5.10 Å². The summed E-state index contributed by atoms with van der Waals surface area (Å²) in [6.45, 7) is 0.870. The summed E-state index contributed by atoms with van der Waals surface area (Å²) in [5, 5.41) is 9.91. The smallest absolute Gasteiger partial charge is 0.258 e. The quantitative estimate of drug-likeness (QED) is 0.487. The fourth-order valence-corrected chi connectivity index (χ4v) is 3.09. The minimum atomic E-state index is -0.329. The number of nitrogens with zero attached hydrogens (tertiary/aromatic N) is 3. The number of carbonyl (C=O) groups excluding carboxylic acids is 2. The molecule has 2 aromatic heterocycles. The van der Waals surface area contributed by atoms with Gasteiger partial charge in [0.25, 0.3) is 11.8 Å². The van der Waals surface area contributed by atoms with E-state index in [-0.39, 0.29) is 11.8 Å². The third-order valence-corrected chi connectivity index (χ3v) is 4.66. The minimum Gasteiger partial charge on any atom is -0.346 e. The fourth-order valence-electron chi connectivity index (χ4n) is 3.09. The molecule has 0 spiro atoms. The molecule has 0 fully saturated rings. The Morgan fingerprint density at radius 2 is 1.65 bits per heavy atom. The Labute approximate surface area is 179 Å². The minimum absolute atomic E-state index is 0.290. The lowest BCUT2D eigenvalue weighted by molar-refractivity contribution is 0.0951. The van der Waals surface area contributed by atoms with E-state index in [0.717, 1.165) is 11.3 Å². The molecule has 0 saturated carbocycles. The Morgan fingerprint density at radius 1 is 0.871 bits per heavy atom. The summed E-state index contributed by atoms with van der Waals surface area (Å²) in [5.74, 6) is -0.620. The van der Waals surface area contributed by atoms with Crippen molar-refractivity contribution in [2.24, 2.45) is 0 Å². The van der Waals surface area contributed by atoms with E-state index in [1.807, 2.05) is 48.5 Å². The van der Waals surface area contributed by atoms with E-state index in [0.29, 0.717) is 29.9 Å². The summed E-state index contributed by atoms with van der Waals surface area (Å²) in [4.78, 5) is 29.6. The largest absolute Gasteiger partial charge is 0.346 e. The first-order valence-corrected chi connectivity index (χ1v) is 9.84. The first-order valence-electron chi connectivity index (χ1n) is 9.84. The molecule has 7 heteroatoms. The predicted octanol–water partition coefficient (Wildman–Crippen LogP) is 3.51. The van der Waals surface area contributed by atoms with E-state index in [4.69, 9.17) is 0 Å². The van der Waals surface area contributed by atoms with Crippen LogP contribution in [0.1, 0.15) is 32.0 Å². The van der Waals surface area contributed by atoms with Crippen LogP contribution in [0.25, 0.3) is 0 Å². The van der Waals surface area contributed by atoms with Gasteiger partial charge in [0.15, 0.2) is 0 Å². The van der Waals surface area contributed by atoms with Crippen molar-refractivity contribution in [1.29, 1.82) is 0 Å². The van der Waals surface area contributed by atoms with Crippen molar-refractivity contribution in [1.82, 2.24) is 20.1 Å². The van der Waals surface area contributed by atoms with Crippen molar-refractivity contribution < 1.29 is 9.59 Å². The van der Waals surface area contributed by atoms with Crippen LogP contribution in [-0.4, -0.2) is 26.6 Å². The van der Waals surface area contributed by atoms with Crippen LogP contribution in [0.4, 0.5) is 5.69 Å². The van der Waals surface area contributed by atoms with Crippen LogP contribution in [0.2, 0.25) is 0 Å². The molecular formula is C24H21N5O2. The Hall–Kier alpha value is -4.26. The molecular weight excluding hydrogens is 390 g/mol. The zero-order chi connectivity index (χ0) is 21.5. The third kappa shape index (κ3) is 5.22. The topological polar surface area (TPSA) is 88.9 Å². The maximum absolute atomic E-state index is 12.7. The average Bonchev–Trinajstić information content (AvgIpc) is 3.28. The zero-order valence-corrected chi connectivity index (χ0v) is 16.7. The molecule has 0 saturated heterocycles. The number of nitrogens with one attached hydrogen (secondary N) is 2. The molecule has 0 aliphatic heterocycles. The number of hydrogen-bond donors (Lipinski definition) is 2. The zero-order valence-electron chi connectivity index (χ0n) is 16.7. The molecule has 154 valence electrons. The van der Waals surface area contributed by atoms with Crippen LogP contribution in [0.5, 0.6) is 0 Å². The molecule has 31 heavy (non-hydrogen) atoms. The van der Waals surface area contributed by atoms with Crippen LogP contribution in [-0.2, 0) is 13.1 Å². The van der Waals surface area contributed by atoms with Crippen molar-refractivity contribution in [3.8, 4) is 0 Å². The van der Waals surface area contributed by atoms with Gasteiger partial charge in [-0.15, -0.1) is 0 Å². The lowest BCUT2D eigenvalue weighted by Gasteiger charge is -2.11. The van der Waals surface area contributed by atoms with E-state index >= 15 is 0 Å². The first kappa shape index (κ1) is 20.0. The second-order valence-corrected chi connectivity index (χ2v) is 6.92. The number of carbonyl (C=O) groups is 2. The summed E-state index contributed by atoms with van der Waals surface area (Å²) < 4.78 is 1.70. The average molecular weight is 411 g/mol. The van der Waals surface area contributed by atoms with Crippen LogP contribution < -0.4 is 10.6 Å². The SMILES string of the molecule is O=C(Nc1ccccc1C(=O)NCc1ccccn1)c1cnn(Cc2ccccc2)c1. The molecule has 0 unspecified atom stereocenters. The fraction of sp³-hybridized carbons (Fsp3) is 0.0833. The molecule has 2 amide bonds. The molecule has 4 rings (SSSR count). The number of pyridine rings is 1. The number of amides is 2. The van der Waals surface area contributed by atoms with E-state index in [1.54, 1.807) is 41.3 Å². The summed E-state index contributed by atoms with van der Waals surface area (Å²) in [7, 11) is 0. The molecule has 0 bridgehead atoms. The molecule has 2 aromatic carbocycles. The van der Waals surface area contributed by atoms with Gasteiger partial charge in [-0.05, 0) is 29.8 Å². The number of anilines is 1. The second kappa shape index (κ2) is 9.49. The predicted molar refractivity (Wildman–Crippen MR) is 118 cm³/mol. The Kier molecular flexibility index (Phi) is 6.13. The molecule has 4 aromatic rings. The normalized spacial score (nSPS) is 10.5. The van der Waals surface area contributed by atoms with Gasteiger partial charge in [0.2, 0.25) is 0 Å². The third-order valence-electron chi connectivity index (χ3n) is 4.66. The standard InChI is InChI=1S/C24H21N5O2/c30-23(19-14-27-29(17-19)16-18-8-2-1-3-9-18)28-22-12-5-4-11-21(22)24(31)26-15-20-10-6-7-13-25-20/h1-14,17H,15-16H2,(H,26,31)(H,28,30). The highest BCUT2D eigenvalue weighted by Gasteiger charge is 2.15. The lowest BCUT2D eigenvalue weighted by atomic mass is 10.1. The summed E-state index contributed by atoms with van der Waals surface area (Å²) >= 11 is 0. The van der Waals surface area contributed by atoms with E-state index in [2.05, 4.69) is 20.7 Å². The highest BCUT2D eigenvalue weighted by atomic mass is 16.2. The van der Waals surface area contributed by atoms with E-state index in [9.17, 15) is 9.59 Å². The van der Waals surface area contributed by atoms with Crippen molar-refractivity contribution >= 4 is 17.5 Å². The maximum atomic E-state index is 12.7.